The van der Waals surface area contributed by atoms with Crippen molar-refractivity contribution in [3.63, 3.8) is 0 Å². The molecule has 1 aromatic rings. The maximum atomic E-state index is 11.4. The standard InChI is InChI=1S/C17H27NO3S/c1-13-8-4-6-10-16(13)21-17-11-7-5-9-15(17)18-14(2)12-22(3,19)20/h4,6,8,10,14-15,17-18H,5,7,9,11-12H2,1-3H3. The van der Waals surface area contributed by atoms with E-state index in [9.17, 15) is 8.42 Å². The second kappa shape index (κ2) is 7.47. The van der Waals surface area contributed by atoms with Crippen molar-refractivity contribution in [1.29, 1.82) is 0 Å². The number of para-hydroxylation sites is 1. The fraction of sp³-hybridized carbons (Fsp3) is 0.647. The van der Waals surface area contributed by atoms with Gasteiger partial charge in [-0.3, -0.25) is 0 Å². The number of hydrogen-bond donors (Lipinski definition) is 1. The molecule has 0 saturated heterocycles. The molecule has 1 N–H and O–H groups in total. The molecule has 2 rings (SSSR count). The number of hydrogen-bond acceptors (Lipinski definition) is 4. The molecule has 1 aromatic carbocycles. The minimum Gasteiger partial charge on any atom is -0.489 e. The molecule has 3 atom stereocenters. The summed E-state index contributed by atoms with van der Waals surface area (Å²) in [6.45, 7) is 3.98. The first kappa shape index (κ1) is 17.3. The molecular formula is C17H27NO3S. The highest BCUT2D eigenvalue weighted by Gasteiger charge is 2.28. The summed E-state index contributed by atoms with van der Waals surface area (Å²) in [7, 11) is -2.96. The van der Waals surface area contributed by atoms with Gasteiger partial charge in [-0.15, -0.1) is 0 Å². The van der Waals surface area contributed by atoms with Gasteiger partial charge in [0.2, 0.25) is 0 Å². The SMILES string of the molecule is Cc1ccccc1OC1CCCCC1NC(C)CS(C)(=O)=O. The Morgan fingerprint density at radius 2 is 1.95 bits per heavy atom. The molecule has 0 amide bonds. The van der Waals surface area contributed by atoms with E-state index in [1.807, 2.05) is 38.1 Å². The predicted octanol–water partition coefficient (Wildman–Crippen LogP) is 2.71. The van der Waals surface area contributed by atoms with Crippen LogP contribution in [0.15, 0.2) is 24.3 Å². The number of rotatable bonds is 6. The van der Waals surface area contributed by atoms with E-state index in [1.165, 1.54) is 6.26 Å². The first-order valence-electron chi connectivity index (χ1n) is 8.01. The highest BCUT2D eigenvalue weighted by molar-refractivity contribution is 7.90. The minimum absolute atomic E-state index is 0.0546. The zero-order valence-corrected chi connectivity index (χ0v) is 14.5. The van der Waals surface area contributed by atoms with Gasteiger partial charge in [-0.2, -0.15) is 0 Å². The second-order valence-electron chi connectivity index (χ2n) is 6.47. The van der Waals surface area contributed by atoms with Crippen LogP contribution in [-0.4, -0.2) is 38.6 Å². The summed E-state index contributed by atoms with van der Waals surface area (Å²) < 4.78 is 29.1. The maximum Gasteiger partial charge on any atom is 0.148 e. The third kappa shape index (κ3) is 5.29. The molecule has 4 nitrogen and oxygen atoms in total. The van der Waals surface area contributed by atoms with Gasteiger partial charge in [0.15, 0.2) is 0 Å². The van der Waals surface area contributed by atoms with E-state index in [4.69, 9.17) is 4.74 Å². The Balaban J connectivity index is 2.00. The molecule has 22 heavy (non-hydrogen) atoms. The molecule has 124 valence electrons. The zero-order valence-electron chi connectivity index (χ0n) is 13.7. The fourth-order valence-corrected chi connectivity index (χ4v) is 4.15. The summed E-state index contributed by atoms with van der Waals surface area (Å²) in [4.78, 5) is 0. The normalized spacial score (nSPS) is 24.0. The van der Waals surface area contributed by atoms with Crippen LogP contribution in [0.4, 0.5) is 0 Å². The van der Waals surface area contributed by atoms with E-state index in [-0.39, 0.29) is 23.9 Å². The van der Waals surface area contributed by atoms with Crippen molar-refractivity contribution in [3.8, 4) is 5.75 Å². The lowest BCUT2D eigenvalue weighted by Gasteiger charge is -2.34. The largest absolute Gasteiger partial charge is 0.489 e. The number of sulfone groups is 1. The van der Waals surface area contributed by atoms with Crippen LogP contribution in [0.5, 0.6) is 5.75 Å². The summed E-state index contributed by atoms with van der Waals surface area (Å²) in [6.07, 6.45) is 5.76. The van der Waals surface area contributed by atoms with Crippen LogP contribution in [0.3, 0.4) is 0 Å². The topological polar surface area (TPSA) is 55.4 Å². The number of aryl methyl sites for hydroxylation is 1. The van der Waals surface area contributed by atoms with Crippen molar-refractivity contribution in [1.82, 2.24) is 5.32 Å². The third-order valence-electron chi connectivity index (χ3n) is 4.13. The maximum absolute atomic E-state index is 11.4. The van der Waals surface area contributed by atoms with Crippen LogP contribution in [0, 0.1) is 6.92 Å². The Hall–Kier alpha value is -1.07. The van der Waals surface area contributed by atoms with E-state index in [1.54, 1.807) is 0 Å². The van der Waals surface area contributed by atoms with Gasteiger partial charge in [0.1, 0.15) is 21.7 Å². The molecule has 0 aromatic heterocycles. The predicted molar refractivity (Wildman–Crippen MR) is 90.2 cm³/mol. The lowest BCUT2D eigenvalue weighted by atomic mass is 9.92. The van der Waals surface area contributed by atoms with Gasteiger partial charge >= 0.3 is 0 Å². The number of nitrogens with one attached hydrogen (secondary N) is 1. The number of benzene rings is 1. The molecule has 0 radical (unpaired) electrons. The Labute approximate surface area is 134 Å². The summed E-state index contributed by atoms with van der Waals surface area (Å²) in [6, 6.07) is 8.20. The van der Waals surface area contributed by atoms with Crippen LogP contribution >= 0.6 is 0 Å². The van der Waals surface area contributed by atoms with E-state index in [0.717, 1.165) is 37.0 Å². The summed E-state index contributed by atoms with van der Waals surface area (Å²) >= 11 is 0. The number of ether oxygens (including phenoxy) is 1. The van der Waals surface area contributed by atoms with E-state index < -0.39 is 9.84 Å². The molecule has 0 heterocycles. The van der Waals surface area contributed by atoms with E-state index in [0.29, 0.717) is 0 Å². The fourth-order valence-electron chi connectivity index (χ4n) is 3.15. The van der Waals surface area contributed by atoms with Gasteiger partial charge in [0.25, 0.3) is 0 Å². The van der Waals surface area contributed by atoms with Gasteiger partial charge in [-0.1, -0.05) is 24.6 Å². The van der Waals surface area contributed by atoms with Crippen molar-refractivity contribution in [2.24, 2.45) is 0 Å². The monoisotopic (exact) mass is 325 g/mol. The van der Waals surface area contributed by atoms with Gasteiger partial charge in [-0.05, 0) is 44.7 Å². The smallest absolute Gasteiger partial charge is 0.148 e. The third-order valence-corrected chi connectivity index (χ3v) is 5.23. The van der Waals surface area contributed by atoms with E-state index >= 15 is 0 Å². The minimum atomic E-state index is -2.96. The molecule has 1 aliphatic rings. The Morgan fingerprint density at radius 1 is 1.27 bits per heavy atom. The Bertz CT molecular complexity index is 585. The molecular weight excluding hydrogens is 298 g/mol. The molecule has 0 aliphatic heterocycles. The van der Waals surface area contributed by atoms with Gasteiger partial charge in [0, 0.05) is 18.3 Å². The van der Waals surface area contributed by atoms with E-state index in [2.05, 4.69) is 5.32 Å². The first-order chi connectivity index (χ1) is 10.3. The van der Waals surface area contributed by atoms with Crippen molar-refractivity contribution in [2.45, 2.75) is 57.7 Å². The second-order valence-corrected chi connectivity index (χ2v) is 8.66. The summed E-state index contributed by atoms with van der Waals surface area (Å²) in [5.74, 6) is 1.09. The molecule has 5 heteroatoms. The first-order valence-corrected chi connectivity index (χ1v) is 10.1. The molecule has 1 fully saturated rings. The van der Waals surface area contributed by atoms with Crippen molar-refractivity contribution < 1.29 is 13.2 Å². The lowest BCUT2D eigenvalue weighted by molar-refractivity contribution is 0.109. The Kier molecular flexibility index (Phi) is 5.87. The van der Waals surface area contributed by atoms with Crippen molar-refractivity contribution in [3.05, 3.63) is 29.8 Å². The zero-order chi connectivity index (χ0) is 16.2. The lowest BCUT2D eigenvalue weighted by Crippen LogP contribution is -2.50. The molecule has 0 bridgehead atoms. The Morgan fingerprint density at radius 3 is 2.64 bits per heavy atom. The average Bonchev–Trinajstić information content (AvgIpc) is 2.41. The highest BCUT2D eigenvalue weighted by atomic mass is 32.2. The molecule has 1 aliphatic carbocycles. The molecule has 3 unspecified atom stereocenters. The molecule has 1 saturated carbocycles. The van der Waals surface area contributed by atoms with Crippen molar-refractivity contribution >= 4 is 9.84 Å². The summed E-state index contributed by atoms with van der Waals surface area (Å²) in [5.41, 5.74) is 1.14. The summed E-state index contributed by atoms with van der Waals surface area (Å²) in [5, 5.41) is 3.46. The molecule has 0 spiro atoms. The van der Waals surface area contributed by atoms with Crippen LogP contribution in [0.25, 0.3) is 0 Å². The van der Waals surface area contributed by atoms with Crippen LogP contribution in [0.2, 0.25) is 0 Å². The van der Waals surface area contributed by atoms with Crippen LogP contribution in [-0.2, 0) is 9.84 Å². The van der Waals surface area contributed by atoms with Crippen LogP contribution < -0.4 is 10.1 Å². The van der Waals surface area contributed by atoms with Crippen LogP contribution in [0.1, 0.15) is 38.2 Å². The van der Waals surface area contributed by atoms with Gasteiger partial charge in [0.05, 0.1) is 5.75 Å². The van der Waals surface area contributed by atoms with Crippen molar-refractivity contribution in [2.75, 3.05) is 12.0 Å². The van der Waals surface area contributed by atoms with Gasteiger partial charge < -0.3 is 10.1 Å². The van der Waals surface area contributed by atoms with Gasteiger partial charge in [-0.25, -0.2) is 8.42 Å². The highest BCUT2D eigenvalue weighted by Crippen LogP contribution is 2.26. The average molecular weight is 325 g/mol. The quantitative estimate of drug-likeness (QED) is 0.874.